The van der Waals surface area contributed by atoms with Crippen LogP contribution in [0.25, 0.3) is 0 Å². The fraction of sp³-hybridized carbons (Fsp3) is 0.385. The molecular formula is C13H18N4O2S. The van der Waals surface area contributed by atoms with Crippen LogP contribution in [-0.4, -0.2) is 22.6 Å². The van der Waals surface area contributed by atoms with Crippen molar-refractivity contribution in [2.24, 2.45) is 5.84 Å². The number of rotatable bonds is 5. The van der Waals surface area contributed by atoms with Gasteiger partial charge in [0.2, 0.25) is 11.8 Å². The summed E-state index contributed by atoms with van der Waals surface area (Å²) in [6.45, 7) is 1.92. The molecule has 6 nitrogen and oxygen atoms in total. The first-order chi connectivity index (χ1) is 9.60. The first-order valence-corrected chi connectivity index (χ1v) is 7.30. The predicted octanol–water partition coefficient (Wildman–Crippen LogP) is 0.232. The van der Waals surface area contributed by atoms with Gasteiger partial charge in [-0.25, -0.2) is 5.43 Å². The number of nitrogens with one attached hydrogen (secondary N) is 3. The topological polar surface area (TPSA) is 96.2 Å². The number of hydrogen-bond acceptors (Lipinski definition) is 5. The van der Waals surface area contributed by atoms with Crippen LogP contribution in [0, 0.1) is 0 Å². The van der Waals surface area contributed by atoms with E-state index in [9.17, 15) is 9.59 Å². The van der Waals surface area contributed by atoms with Crippen LogP contribution in [0.5, 0.6) is 0 Å². The van der Waals surface area contributed by atoms with Crippen molar-refractivity contribution in [3.63, 3.8) is 0 Å². The van der Waals surface area contributed by atoms with Crippen LogP contribution in [0.15, 0.2) is 30.3 Å². The molecule has 108 valence electrons. The molecule has 0 spiro atoms. The van der Waals surface area contributed by atoms with Gasteiger partial charge in [-0.05, 0) is 12.5 Å². The summed E-state index contributed by atoms with van der Waals surface area (Å²) in [5.41, 5.74) is 3.17. The normalized spacial score (nSPS) is 23.2. The fourth-order valence-electron chi connectivity index (χ4n) is 2.00. The summed E-state index contributed by atoms with van der Waals surface area (Å²) < 4.78 is 0. The van der Waals surface area contributed by atoms with Crippen LogP contribution in [0.4, 0.5) is 0 Å². The molecule has 5 N–H and O–H groups in total. The second-order valence-corrected chi connectivity index (χ2v) is 5.90. The summed E-state index contributed by atoms with van der Waals surface area (Å²) in [5, 5.41) is 5.14. The number of carbonyl (C=O) groups excluding carboxylic acids is 2. The molecule has 20 heavy (non-hydrogen) atoms. The summed E-state index contributed by atoms with van der Waals surface area (Å²) >= 11 is 1.31. The van der Waals surface area contributed by atoms with Gasteiger partial charge in [0.25, 0.3) is 0 Å². The lowest BCUT2D eigenvalue weighted by Crippen LogP contribution is -2.41. The van der Waals surface area contributed by atoms with Gasteiger partial charge in [0.05, 0.1) is 11.3 Å². The highest BCUT2D eigenvalue weighted by Gasteiger charge is 2.33. The van der Waals surface area contributed by atoms with E-state index < -0.39 is 5.25 Å². The Bertz CT molecular complexity index is 483. The Morgan fingerprint density at radius 1 is 1.45 bits per heavy atom. The number of carbonyl (C=O) groups is 2. The van der Waals surface area contributed by atoms with Crippen LogP contribution in [0.2, 0.25) is 0 Å². The van der Waals surface area contributed by atoms with E-state index in [0.717, 1.165) is 5.56 Å². The lowest BCUT2D eigenvalue weighted by molar-refractivity contribution is -0.126. The molecule has 0 radical (unpaired) electrons. The largest absolute Gasteiger partial charge is 0.350 e. The summed E-state index contributed by atoms with van der Waals surface area (Å²) in [4.78, 5) is 23.6. The van der Waals surface area contributed by atoms with Crippen LogP contribution >= 0.6 is 11.8 Å². The smallest absolute Gasteiger partial charge is 0.235 e. The van der Waals surface area contributed by atoms with E-state index in [-0.39, 0.29) is 29.8 Å². The molecule has 0 bridgehead atoms. The van der Waals surface area contributed by atoms with Gasteiger partial charge in [-0.3, -0.25) is 15.4 Å². The van der Waals surface area contributed by atoms with E-state index in [1.807, 2.05) is 37.3 Å². The average Bonchev–Trinajstić information content (AvgIpc) is 2.80. The monoisotopic (exact) mass is 294 g/mol. The van der Waals surface area contributed by atoms with Crippen LogP contribution in [0.3, 0.4) is 0 Å². The summed E-state index contributed by atoms with van der Waals surface area (Å²) in [6, 6.07) is 9.61. The Kier molecular flexibility index (Phi) is 4.99. The maximum Gasteiger partial charge on any atom is 0.235 e. The third kappa shape index (κ3) is 3.72. The van der Waals surface area contributed by atoms with Crippen LogP contribution in [0.1, 0.15) is 24.9 Å². The number of thioether (sulfide) groups is 1. The third-order valence-electron chi connectivity index (χ3n) is 3.07. The molecule has 2 amide bonds. The minimum atomic E-state index is -0.404. The fourth-order valence-corrected chi connectivity index (χ4v) is 3.03. The molecule has 3 atom stereocenters. The quantitative estimate of drug-likeness (QED) is 0.460. The van der Waals surface area contributed by atoms with Crippen molar-refractivity contribution in [1.29, 1.82) is 0 Å². The van der Waals surface area contributed by atoms with Crippen molar-refractivity contribution in [3.8, 4) is 0 Å². The highest BCUT2D eigenvalue weighted by atomic mass is 32.2. The van der Waals surface area contributed by atoms with E-state index in [1.165, 1.54) is 11.8 Å². The van der Waals surface area contributed by atoms with E-state index in [2.05, 4.69) is 16.1 Å². The Balaban J connectivity index is 1.85. The van der Waals surface area contributed by atoms with Crippen molar-refractivity contribution in [2.75, 3.05) is 0 Å². The molecule has 0 aromatic heterocycles. The lowest BCUT2D eigenvalue weighted by atomic mass is 10.1. The Labute approximate surface area is 121 Å². The first-order valence-electron chi connectivity index (χ1n) is 6.36. The van der Waals surface area contributed by atoms with Gasteiger partial charge in [0, 0.05) is 6.42 Å². The van der Waals surface area contributed by atoms with Gasteiger partial charge in [0.1, 0.15) is 5.50 Å². The Hall–Kier alpha value is -1.57. The number of amides is 2. The second kappa shape index (κ2) is 6.74. The standard InChI is InChI=1S/C13H18N4O2S/c1-8(9-5-3-2-4-6-9)15-11(18)7-10-12(19)16-13(17-14)20-10/h2-6,8,10,13,17H,7,14H2,1H3,(H,15,18)(H,16,19). The minimum Gasteiger partial charge on any atom is -0.350 e. The van der Waals surface area contributed by atoms with Gasteiger partial charge in [0.15, 0.2) is 0 Å². The molecule has 3 unspecified atom stereocenters. The second-order valence-electron chi connectivity index (χ2n) is 4.58. The molecule has 1 fully saturated rings. The van der Waals surface area contributed by atoms with E-state index in [1.54, 1.807) is 0 Å². The molecule has 7 heteroatoms. The van der Waals surface area contributed by atoms with E-state index in [4.69, 9.17) is 5.84 Å². The van der Waals surface area contributed by atoms with Crippen molar-refractivity contribution < 1.29 is 9.59 Å². The molecule has 1 aliphatic rings. The molecular weight excluding hydrogens is 276 g/mol. The van der Waals surface area contributed by atoms with Gasteiger partial charge < -0.3 is 10.6 Å². The van der Waals surface area contributed by atoms with Crippen molar-refractivity contribution in [2.45, 2.75) is 30.1 Å². The molecule has 0 aliphatic carbocycles. The molecule has 1 heterocycles. The zero-order valence-corrected chi connectivity index (χ0v) is 11.9. The highest BCUT2D eigenvalue weighted by molar-refractivity contribution is 8.01. The van der Waals surface area contributed by atoms with Crippen molar-refractivity contribution in [3.05, 3.63) is 35.9 Å². The lowest BCUT2D eigenvalue weighted by Gasteiger charge is -2.15. The molecule has 1 saturated heterocycles. The Morgan fingerprint density at radius 3 is 2.75 bits per heavy atom. The van der Waals surface area contributed by atoms with Gasteiger partial charge in [-0.15, -0.1) is 11.8 Å². The summed E-state index contributed by atoms with van der Waals surface area (Å²) in [6.07, 6.45) is 0.145. The van der Waals surface area contributed by atoms with Crippen molar-refractivity contribution in [1.82, 2.24) is 16.1 Å². The summed E-state index contributed by atoms with van der Waals surface area (Å²) in [7, 11) is 0. The minimum absolute atomic E-state index is 0.0819. The van der Waals surface area contributed by atoms with E-state index in [0.29, 0.717) is 0 Å². The zero-order chi connectivity index (χ0) is 14.5. The van der Waals surface area contributed by atoms with Gasteiger partial charge in [-0.2, -0.15) is 0 Å². The van der Waals surface area contributed by atoms with Crippen LogP contribution in [-0.2, 0) is 9.59 Å². The molecule has 2 rings (SSSR count). The average molecular weight is 294 g/mol. The first kappa shape index (κ1) is 14.8. The zero-order valence-electron chi connectivity index (χ0n) is 11.1. The molecule has 1 aliphatic heterocycles. The maximum absolute atomic E-state index is 12.0. The highest BCUT2D eigenvalue weighted by Crippen LogP contribution is 2.24. The number of benzene rings is 1. The summed E-state index contributed by atoms with van der Waals surface area (Å²) in [5.74, 6) is 4.95. The molecule has 1 aromatic rings. The van der Waals surface area contributed by atoms with Gasteiger partial charge >= 0.3 is 0 Å². The van der Waals surface area contributed by atoms with E-state index >= 15 is 0 Å². The number of nitrogens with two attached hydrogens (primary N) is 1. The Morgan fingerprint density at radius 2 is 2.15 bits per heavy atom. The number of hydrazine groups is 1. The predicted molar refractivity (Wildman–Crippen MR) is 78.2 cm³/mol. The van der Waals surface area contributed by atoms with Gasteiger partial charge in [-0.1, -0.05) is 30.3 Å². The third-order valence-corrected chi connectivity index (χ3v) is 4.30. The maximum atomic E-state index is 12.0. The van der Waals surface area contributed by atoms with Crippen LogP contribution < -0.4 is 21.9 Å². The molecule has 1 aromatic carbocycles. The SMILES string of the molecule is CC(NC(=O)CC1SC(NN)NC1=O)c1ccccc1. The number of hydrogen-bond donors (Lipinski definition) is 4. The molecule has 0 saturated carbocycles. The van der Waals surface area contributed by atoms with Crippen molar-refractivity contribution >= 4 is 23.6 Å².